The molecule has 3 aliphatic rings. The van der Waals surface area contributed by atoms with Gasteiger partial charge in [-0.3, -0.25) is 9.59 Å². The van der Waals surface area contributed by atoms with E-state index in [1.54, 1.807) is 30.3 Å². The van der Waals surface area contributed by atoms with E-state index in [-0.39, 0.29) is 28.0 Å². The van der Waals surface area contributed by atoms with Crippen LogP contribution in [0.25, 0.3) is 0 Å². The summed E-state index contributed by atoms with van der Waals surface area (Å²) < 4.78 is 10.8. The summed E-state index contributed by atoms with van der Waals surface area (Å²) in [6.07, 6.45) is 0. The molecule has 8 nitrogen and oxygen atoms in total. The molecule has 0 bridgehead atoms. The Morgan fingerprint density at radius 1 is 1.13 bits per heavy atom. The Balaban J connectivity index is 1.59. The summed E-state index contributed by atoms with van der Waals surface area (Å²) in [5, 5.41) is 9.19. The Morgan fingerprint density at radius 3 is 2.58 bits per heavy atom. The quantitative estimate of drug-likeness (QED) is 0.426. The van der Waals surface area contributed by atoms with Crippen molar-refractivity contribution in [2.45, 2.75) is 18.1 Å². The number of phenols is 1. The molecule has 3 atom stereocenters. The third kappa shape index (κ3) is 2.88. The van der Waals surface area contributed by atoms with E-state index in [4.69, 9.17) is 15.2 Å². The van der Waals surface area contributed by atoms with Gasteiger partial charge in [-0.15, -0.1) is 0 Å². The maximum atomic E-state index is 13.5. The summed E-state index contributed by atoms with van der Waals surface area (Å²) in [7, 11) is 0. The number of hydrogen-bond acceptors (Lipinski definition) is 8. The fourth-order valence-corrected chi connectivity index (χ4v) is 5.59. The minimum Gasteiger partial charge on any atom is -0.508 e. The van der Waals surface area contributed by atoms with Gasteiger partial charge in [-0.1, -0.05) is 17.8 Å². The number of phenolic OH excluding ortho intramolecular Hbond substituents is 1. The molecule has 3 aliphatic heterocycles. The van der Waals surface area contributed by atoms with Crippen LogP contribution in [-0.2, 0) is 14.4 Å². The third-order valence-electron chi connectivity index (χ3n) is 5.65. The number of hydrogen-bond donors (Lipinski definition) is 2. The summed E-state index contributed by atoms with van der Waals surface area (Å²) in [6, 6.07) is 11.1. The molecule has 0 aromatic heterocycles. The Bertz CT molecular complexity index is 1160. The smallest absolute Gasteiger partial charge is 0.342 e. The number of rotatable bonds is 3. The van der Waals surface area contributed by atoms with Crippen molar-refractivity contribution in [2.75, 3.05) is 11.5 Å². The summed E-state index contributed by atoms with van der Waals surface area (Å²) in [5.41, 5.74) is 7.31. The predicted octanol–water partition coefficient (Wildman–Crippen LogP) is 2.27. The van der Waals surface area contributed by atoms with Crippen molar-refractivity contribution in [3.8, 4) is 17.2 Å². The Kier molecular flexibility index (Phi) is 4.44. The van der Waals surface area contributed by atoms with Gasteiger partial charge < -0.3 is 20.3 Å². The molecule has 5 rings (SSSR count). The first-order valence-electron chi connectivity index (χ1n) is 9.72. The molecule has 2 aromatic carbocycles. The van der Waals surface area contributed by atoms with Gasteiger partial charge in [-0.25, -0.2) is 9.69 Å². The number of esters is 1. The van der Waals surface area contributed by atoms with Crippen LogP contribution < -0.4 is 20.1 Å². The summed E-state index contributed by atoms with van der Waals surface area (Å²) in [5.74, 6) is -2.29. The van der Waals surface area contributed by atoms with E-state index in [0.717, 1.165) is 16.7 Å². The van der Waals surface area contributed by atoms with Crippen LogP contribution >= 0.6 is 11.8 Å². The SMILES string of the molecule is CCOc1ccc(N2C(=O)[C@H]3[C@H](SC(N)=C4C(=O)Oc5cc(O)ccc5[C@@H]43)C2=O)cc1. The van der Waals surface area contributed by atoms with Gasteiger partial charge in [0.2, 0.25) is 11.8 Å². The normalized spacial score (nSPS) is 24.5. The van der Waals surface area contributed by atoms with Gasteiger partial charge in [-0.05, 0) is 37.3 Å². The first-order valence-corrected chi connectivity index (χ1v) is 10.6. The van der Waals surface area contributed by atoms with Crippen LogP contribution in [0.1, 0.15) is 18.4 Å². The van der Waals surface area contributed by atoms with Crippen LogP contribution in [0.15, 0.2) is 53.1 Å². The molecule has 1 saturated heterocycles. The Morgan fingerprint density at radius 2 is 1.87 bits per heavy atom. The third-order valence-corrected chi connectivity index (χ3v) is 6.87. The van der Waals surface area contributed by atoms with Crippen molar-refractivity contribution < 1.29 is 29.0 Å². The van der Waals surface area contributed by atoms with Crippen LogP contribution in [-0.4, -0.2) is 34.7 Å². The lowest BCUT2D eigenvalue weighted by molar-refractivity contribution is -0.131. The number of carbonyl (C=O) groups excluding carboxylic acids is 3. The second-order valence-corrected chi connectivity index (χ2v) is 8.55. The number of nitrogens with zero attached hydrogens (tertiary/aromatic N) is 1. The van der Waals surface area contributed by atoms with E-state index in [1.165, 1.54) is 12.1 Å². The van der Waals surface area contributed by atoms with E-state index in [1.807, 2.05) is 6.92 Å². The molecule has 1 fully saturated rings. The Hall–Kier alpha value is -3.46. The minimum atomic E-state index is -0.817. The number of imide groups is 1. The zero-order valence-corrected chi connectivity index (χ0v) is 17.2. The van der Waals surface area contributed by atoms with Crippen LogP contribution in [0, 0.1) is 5.92 Å². The van der Waals surface area contributed by atoms with Crippen LogP contribution in [0.3, 0.4) is 0 Å². The highest BCUT2D eigenvalue weighted by Crippen LogP contribution is 2.54. The van der Waals surface area contributed by atoms with Gasteiger partial charge in [0.25, 0.3) is 0 Å². The summed E-state index contributed by atoms with van der Waals surface area (Å²) in [6.45, 7) is 2.37. The van der Waals surface area contributed by atoms with Gasteiger partial charge in [0.1, 0.15) is 22.5 Å². The second kappa shape index (κ2) is 7.05. The summed E-state index contributed by atoms with van der Waals surface area (Å²) >= 11 is 1.02. The Labute approximate surface area is 181 Å². The van der Waals surface area contributed by atoms with E-state index in [9.17, 15) is 19.5 Å². The molecular formula is C22H18N2O6S. The van der Waals surface area contributed by atoms with Crippen LogP contribution in [0.4, 0.5) is 5.69 Å². The molecular weight excluding hydrogens is 420 g/mol. The molecule has 2 amide bonds. The highest BCUT2D eigenvalue weighted by molar-refractivity contribution is 8.04. The van der Waals surface area contributed by atoms with E-state index in [2.05, 4.69) is 0 Å². The summed E-state index contributed by atoms with van der Waals surface area (Å²) in [4.78, 5) is 40.6. The molecule has 0 aliphatic carbocycles. The first kappa shape index (κ1) is 19.5. The molecule has 158 valence electrons. The second-order valence-electron chi connectivity index (χ2n) is 7.37. The molecule has 0 saturated carbocycles. The topological polar surface area (TPSA) is 119 Å². The molecule has 0 radical (unpaired) electrons. The van der Waals surface area contributed by atoms with Crippen molar-refractivity contribution in [3.63, 3.8) is 0 Å². The van der Waals surface area contributed by atoms with Crippen molar-refractivity contribution in [1.82, 2.24) is 0 Å². The van der Waals surface area contributed by atoms with Crippen LogP contribution in [0.5, 0.6) is 17.2 Å². The van der Waals surface area contributed by atoms with Crippen molar-refractivity contribution >= 4 is 35.2 Å². The number of carbonyl (C=O) groups is 3. The number of amides is 2. The number of ether oxygens (including phenoxy) is 2. The molecule has 3 N–H and O–H groups in total. The average Bonchev–Trinajstić information content (AvgIpc) is 2.98. The van der Waals surface area contributed by atoms with Crippen molar-refractivity contribution in [1.29, 1.82) is 0 Å². The number of fused-ring (bicyclic) bond motifs is 5. The minimum absolute atomic E-state index is 0.0708. The van der Waals surface area contributed by atoms with E-state index in [0.29, 0.717) is 23.6 Å². The zero-order chi connectivity index (χ0) is 21.9. The number of benzene rings is 2. The maximum Gasteiger partial charge on any atom is 0.342 e. The largest absolute Gasteiger partial charge is 0.508 e. The zero-order valence-electron chi connectivity index (χ0n) is 16.4. The van der Waals surface area contributed by atoms with E-state index >= 15 is 0 Å². The van der Waals surface area contributed by atoms with E-state index < -0.39 is 29.0 Å². The highest BCUT2D eigenvalue weighted by Gasteiger charge is 2.58. The number of anilines is 1. The van der Waals surface area contributed by atoms with Gasteiger partial charge >= 0.3 is 5.97 Å². The number of aromatic hydroxyl groups is 1. The maximum absolute atomic E-state index is 13.5. The molecule has 9 heteroatoms. The van der Waals surface area contributed by atoms with Crippen LogP contribution in [0.2, 0.25) is 0 Å². The molecule has 31 heavy (non-hydrogen) atoms. The molecule has 2 aromatic rings. The lowest BCUT2D eigenvalue weighted by atomic mass is 9.77. The van der Waals surface area contributed by atoms with Gasteiger partial charge in [0.05, 0.1) is 28.8 Å². The average molecular weight is 438 g/mol. The standard InChI is InChI=1S/C22H18N2O6S/c1-2-29-12-6-3-10(4-7-12)24-20(26)16-15-13-8-5-11(25)9-14(13)30-22(28)17(15)19(23)31-18(16)21(24)27/h3-9,15-16,18,25H,2,23H2,1H3/t15-,16-,18+/m1/s1. The van der Waals surface area contributed by atoms with Gasteiger partial charge in [0, 0.05) is 17.5 Å². The lowest BCUT2D eigenvalue weighted by Crippen LogP contribution is -2.39. The number of thioether (sulfide) groups is 1. The van der Waals surface area contributed by atoms with Gasteiger partial charge in [-0.2, -0.15) is 0 Å². The predicted molar refractivity (Wildman–Crippen MR) is 113 cm³/mol. The fraction of sp³-hybridized carbons (Fsp3) is 0.227. The van der Waals surface area contributed by atoms with Crippen molar-refractivity contribution in [3.05, 3.63) is 58.6 Å². The molecule has 0 spiro atoms. The van der Waals surface area contributed by atoms with Gasteiger partial charge in [0.15, 0.2) is 0 Å². The lowest BCUT2D eigenvalue weighted by Gasteiger charge is -2.36. The van der Waals surface area contributed by atoms with Crippen molar-refractivity contribution in [2.24, 2.45) is 11.7 Å². The monoisotopic (exact) mass is 438 g/mol. The molecule has 0 unspecified atom stereocenters. The highest BCUT2D eigenvalue weighted by atomic mass is 32.2. The molecule has 3 heterocycles. The number of nitrogens with two attached hydrogens (primary N) is 1. The first-order chi connectivity index (χ1) is 14.9. The fourth-order valence-electron chi connectivity index (χ4n) is 4.35.